The first kappa shape index (κ1) is 31.5. The van der Waals surface area contributed by atoms with Crippen LogP contribution in [0.2, 0.25) is 0 Å². The minimum Gasteiger partial charge on any atom is -0.476 e. The molecule has 1 aromatic heterocycles. The van der Waals surface area contributed by atoms with Crippen molar-refractivity contribution in [3.63, 3.8) is 0 Å². The third-order valence-electron chi connectivity index (χ3n) is 7.79. The van der Waals surface area contributed by atoms with Crippen molar-refractivity contribution in [2.24, 2.45) is 11.8 Å². The predicted octanol–water partition coefficient (Wildman–Crippen LogP) is 3.13. The molecule has 0 spiro atoms. The van der Waals surface area contributed by atoms with Crippen LogP contribution in [0.15, 0.2) is 5.38 Å². The Morgan fingerprint density at radius 3 is 2.42 bits per heavy atom. The summed E-state index contributed by atoms with van der Waals surface area (Å²) < 4.78 is 5.57. The molecule has 3 N–H and O–H groups in total. The van der Waals surface area contributed by atoms with Gasteiger partial charge in [0.15, 0.2) is 11.8 Å². The molecule has 4 unspecified atom stereocenters. The third kappa shape index (κ3) is 7.22. The first-order valence-electron chi connectivity index (χ1n) is 13.1. The minimum atomic E-state index is -1.17. The zero-order valence-electron chi connectivity index (χ0n) is 23.7. The number of rotatable bonds is 12. The highest BCUT2D eigenvalue weighted by atomic mass is 32.1. The summed E-state index contributed by atoms with van der Waals surface area (Å²) in [6.07, 6.45) is 1.01. The van der Waals surface area contributed by atoms with Gasteiger partial charge in [0.05, 0.1) is 5.54 Å². The monoisotopic (exact) mass is 553 g/mol. The van der Waals surface area contributed by atoms with Crippen molar-refractivity contribution < 1.29 is 29.0 Å². The van der Waals surface area contributed by atoms with Crippen molar-refractivity contribution >= 4 is 35.2 Å². The van der Waals surface area contributed by atoms with Crippen molar-refractivity contribution in [1.29, 1.82) is 0 Å². The Hall–Kier alpha value is -2.73. The van der Waals surface area contributed by atoms with Crippen LogP contribution in [0.4, 0.5) is 4.79 Å². The van der Waals surface area contributed by atoms with Gasteiger partial charge >= 0.3 is 12.1 Å². The number of carboxylic acids is 1. The number of hydrogen-bond acceptors (Lipinski definition) is 8. The summed E-state index contributed by atoms with van der Waals surface area (Å²) in [5.74, 6) is -1.69. The molecule has 1 saturated heterocycles. The lowest BCUT2D eigenvalue weighted by Gasteiger charge is -2.38. The molecule has 2 rings (SSSR count). The normalized spacial score (nSPS) is 20.9. The molecule has 214 valence electrons. The molecule has 0 radical (unpaired) electrons. The highest BCUT2D eigenvalue weighted by Crippen LogP contribution is 2.31. The van der Waals surface area contributed by atoms with Crippen LogP contribution in [-0.2, 0) is 14.3 Å². The van der Waals surface area contributed by atoms with Crippen LogP contribution in [0.3, 0.4) is 0 Å². The Labute approximate surface area is 229 Å². The lowest BCUT2D eigenvalue weighted by molar-refractivity contribution is -0.142. The molecule has 38 heavy (non-hydrogen) atoms. The number of nitrogens with one attached hydrogen (secondary N) is 2. The maximum Gasteiger partial charge on any atom is 0.407 e. The fraction of sp³-hybridized carbons (Fsp3) is 0.731. The molecule has 1 aliphatic rings. The molecule has 5 atom stereocenters. The van der Waals surface area contributed by atoms with Crippen molar-refractivity contribution in [2.45, 2.75) is 84.0 Å². The second-order valence-electron chi connectivity index (χ2n) is 10.7. The molecule has 0 aromatic carbocycles. The minimum absolute atomic E-state index is 0.0367. The highest BCUT2D eigenvalue weighted by molar-refractivity contribution is 7.09. The van der Waals surface area contributed by atoms with Gasteiger partial charge in [-0.15, -0.1) is 11.3 Å². The molecule has 1 aromatic rings. The molecule has 0 bridgehead atoms. The van der Waals surface area contributed by atoms with E-state index in [1.165, 1.54) is 12.4 Å². The number of carbonyl (C=O) groups excluding carboxylic acids is 3. The predicted molar refractivity (Wildman–Crippen MR) is 145 cm³/mol. The lowest BCUT2D eigenvalue weighted by Crippen LogP contribution is -2.60. The van der Waals surface area contributed by atoms with E-state index in [1.807, 2.05) is 46.6 Å². The molecule has 1 aliphatic heterocycles. The number of carboxylic acid groups (broad SMARTS) is 1. The Morgan fingerprint density at radius 1 is 1.29 bits per heavy atom. The SMILES string of the molecule is CCC(C)C(NC(=O)[C@@]1(C)CCCN1C)C(=O)N(C)C(CC(OC(=O)NC)c1nc(C(=O)O)cs1)C(C)C. The average Bonchev–Trinajstić information content (AvgIpc) is 3.51. The number of hydrogen-bond donors (Lipinski definition) is 3. The van der Waals surface area contributed by atoms with Crippen LogP contribution in [0.25, 0.3) is 0 Å². The number of amides is 3. The van der Waals surface area contributed by atoms with Crippen LogP contribution in [0, 0.1) is 11.8 Å². The first-order chi connectivity index (χ1) is 17.8. The van der Waals surface area contributed by atoms with Gasteiger partial charge in [0.25, 0.3) is 0 Å². The molecule has 0 saturated carbocycles. The zero-order valence-corrected chi connectivity index (χ0v) is 24.6. The topological polar surface area (TPSA) is 141 Å². The van der Waals surface area contributed by atoms with Crippen molar-refractivity contribution in [3.8, 4) is 0 Å². The van der Waals surface area contributed by atoms with Gasteiger partial charge in [-0.2, -0.15) is 0 Å². The maximum absolute atomic E-state index is 13.9. The zero-order chi connectivity index (χ0) is 28.8. The van der Waals surface area contributed by atoms with Gasteiger partial charge in [-0.1, -0.05) is 34.1 Å². The van der Waals surface area contributed by atoms with Gasteiger partial charge in [0, 0.05) is 31.9 Å². The number of thiazole rings is 1. The molecule has 0 aliphatic carbocycles. The smallest absolute Gasteiger partial charge is 0.407 e. The third-order valence-corrected chi connectivity index (χ3v) is 8.73. The van der Waals surface area contributed by atoms with Crippen LogP contribution in [0.5, 0.6) is 0 Å². The second-order valence-corrected chi connectivity index (χ2v) is 11.5. The van der Waals surface area contributed by atoms with E-state index in [-0.39, 0.29) is 41.8 Å². The number of ether oxygens (including phenoxy) is 1. The number of carbonyl (C=O) groups is 4. The lowest BCUT2D eigenvalue weighted by atomic mass is 9.91. The van der Waals surface area contributed by atoms with Crippen molar-refractivity contribution in [3.05, 3.63) is 16.1 Å². The summed E-state index contributed by atoms with van der Waals surface area (Å²) in [6, 6.07) is -1.11. The van der Waals surface area contributed by atoms with Gasteiger partial charge in [-0.3, -0.25) is 14.5 Å². The number of aromatic carboxylic acids is 1. The summed E-state index contributed by atoms with van der Waals surface area (Å²) in [5, 5.41) is 16.5. The number of aromatic nitrogens is 1. The molecular weight excluding hydrogens is 510 g/mol. The van der Waals surface area contributed by atoms with Gasteiger partial charge in [-0.25, -0.2) is 14.6 Å². The van der Waals surface area contributed by atoms with Gasteiger partial charge in [0.2, 0.25) is 11.8 Å². The van der Waals surface area contributed by atoms with Crippen LogP contribution < -0.4 is 10.6 Å². The molecule has 3 amide bonds. The summed E-state index contributed by atoms with van der Waals surface area (Å²) in [7, 11) is 5.05. The molecule has 1 fully saturated rings. The Balaban J connectivity index is 2.32. The van der Waals surface area contributed by atoms with E-state index in [0.717, 1.165) is 30.7 Å². The molecule has 12 heteroatoms. The Morgan fingerprint density at radius 2 is 1.95 bits per heavy atom. The van der Waals surface area contributed by atoms with Crippen LogP contribution in [0.1, 0.15) is 81.9 Å². The van der Waals surface area contributed by atoms with E-state index in [2.05, 4.69) is 15.6 Å². The van der Waals surface area contributed by atoms with Crippen LogP contribution in [-0.4, -0.2) is 89.1 Å². The summed E-state index contributed by atoms with van der Waals surface area (Å²) in [5.41, 5.74) is -0.799. The van der Waals surface area contributed by atoms with E-state index < -0.39 is 29.7 Å². The van der Waals surface area contributed by atoms with Gasteiger partial charge in [-0.05, 0) is 45.2 Å². The molecule has 11 nitrogen and oxygen atoms in total. The van der Waals surface area contributed by atoms with E-state index in [9.17, 15) is 24.3 Å². The van der Waals surface area contributed by atoms with Crippen molar-refractivity contribution in [1.82, 2.24) is 25.4 Å². The molecule has 2 heterocycles. The number of likely N-dealkylation sites (N-methyl/N-ethyl adjacent to an activating group) is 2. The van der Waals surface area contributed by atoms with Gasteiger partial charge < -0.3 is 25.4 Å². The van der Waals surface area contributed by atoms with E-state index >= 15 is 0 Å². The highest BCUT2D eigenvalue weighted by Gasteiger charge is 2.44. The van der Waals surface area contributed by atoms with E-state index in [0.29, 0.717) is 11.4 Å². The summed E-state index contributed by atoms with van der Waals surface area (Å²) in [4.78, 5) is 58.6. The maximum atomic E-state index is 13.9. The fourth-order valence-electron chi connectivity index (χ4n) is 4.77. The summed E-state index contributed by atoms with van der Waals surface area (Å²) in [6.45, 7) is 10.6. The second kappa shape index (κ2) is 13.4. The fourth-order valence-corrected chi connectivity index (χ4v) is 5.60. The van der Waals surface area contributed by atoms with E-state index in [4.69, 9.17) is 4.74 Å². The largest absolute Gasteiger partial charge is 0.476 e. The number of alkyl carbamates (subject to hydrolysis) is 1. The number of nitrogens with zero attached hydrogens (tertiary/aromatic N) is 3. The number of likely N-dealkylation sites (tertiary alicyclic amines) is 1. The Bertz CT molecular complexity index is 1000. The standard InChI is InChI=1S/C26H43N5O6S/c1-9-16(4)20(29-24(35)26(5)11-10-12-30(26)7)22(32)31(8)18(15(2)3)13-19(37-25(36)27-6)21-28-17(14-38-21)23(33)34/h14-16,18-20H,9-13H2,1-8H3,(H,27,36)(H,29,35)(H,33,34)/t16?,18?,19?,20?,26-/m1/s1. The van der Waals surface area contributed by atoms with E-state index in [1.54, 1.807) is 11.9 Å². The summed E-state index contributed by atoms with van der Waals surface area (Å²) >= 11 is 1.09. The quantitative estimate of drug-likeness (QED) is 0.359. The Kier molecular flexibility index (Phi) is 11.1. The average molecular weight is 554 g/mol. The molecular formula is C26H43N5O6S. The van der Waals surface area contributed by atoms with Crippen LogP contribution >= 0.6 is 11.3 Å². The van der Waals surface area contributed by atoms with Crippen molar-refractivity contribution in [2.75, 3.05) is 27.7 Å². The first-order valence-corrected chi connectivity index (χ1v) is 14.0. The van der Waals surface area contributed by atoms with Gasteiger partial charge in [0.1, 0.15) is 11.0 Å².